The molecule has 4 nitrogen and oxygen atoms in total. The van der Waals surface area contributed by atoms with Gasteiger partial charge in [-0.2, -0.15) is 0 Å². The molecular weight excluding hydrogens is 271 g/mol. The van der Waals surface area contributed by atoms with Crippen LogP contribution in [0.4, 0.5) is 10.1 Å². The Kier molecular flexibility index (Phi) is 3.23. The maximum Gasteiger partial charge on any atom is 0.274 e. The van der Waals surface area contributed by atoms with E-state index >= 15 is 0 Å². The highest BCUT2D eigenvalue weighted by Crippen LogP contribution is 2.21. The molecule has 2 aromatic carbocycles. The SMILES string of the molecule is O=C(Nc1ccc(O)cc1F)c1nccc2ccccc12. The molecule has 3 rings (SSSR count). The van der Waals surface area contributed by atoms with Gasteiger partial charge in [0.2, 0.25) is 0 Å². The summed E-state index contributed by atoms with van der Waals surface area (Å²) in [6.07, 6.45) is 1.53. The highest BCUT2D eigenvalue weighted by atomic mass is 19.1. The number of aromatic nitrogens is 1. The molecule has 1 heterocycles. The van der Waals surface area contributed by atoms with Gasteiger partial charge in [-0.25, -0.2) is 4.39 Å². The summed E-state index contributed by atoms with van der Waals surface area (Å²) in [5, 5.41) is 13.2. The van der Waals surface area contributed by atoms with E-state index in [4.69, 9.17) is 5.11 Å². The number of anilines is 1. The van der Waals surface area contributed by atoms with E-state index in [1.54, 1.807) is 12.1 Å². The highest BCUT2D eigenvalue weighted by Gasteiger charge is 2.13. The van der Waals surface area contributed by atoms with Gasteiger partial charge in [-0.05, 0) is 23.6 Å². The summed E-state index contributed by atoms with van der Waals surface area (Å²) in [6.45, 7) is 0. The maximum absolute atomic E-state index is 13.6. The fourth-order valence-electron chi connectivity index (χ4n) is 2.09. The lowest BCUT2D eigenvalue weighted by Crippen LogP contribution is -2.15. The fourth-order valence-corrected chi connectivity index (χ4v) is 2.09. The predicted octanol–water partition coefficient (Wildman–Crippen LogP) is 3.33. The summed E-state index contributed by atoms with van der Waals surface area (Å²) < 4.78 is 13.6. The molecule has 3 aromatic rings. The standard InChI is InChI=1S/C16H11FN2O2/c17-13-9-11(20)5-6-14(13)19-16(21)15-12-4-2-1-3-10(12)7-8-18-15/h1-9,20H,(H,19,21). The van der Waals surface area contributed by atoms with Crippen molar-refractivity contribution in [3.63, 3.8) is 0 Å². The molecule has 1 aromatic heterocycles. The molecule has 5 heteroatoms. The van der Waals surface area contributed by atoms with Gasteiger partial charge in [0, 0.05) is 17.6 Å². The molecule has 0 saturated carbocycles. The van der Waals surface area contributed by atoms with Crippen molar-refractivity contribution >= 4 is 22.4 Å². The number of hydrogen-bond donors (Lipinski definition) is 2. The molecule has 0 radical (unpaired) electrons. The third-order valence-corrected chi connectivity index (χ3v) is 3.09. The predicted molar refractivity (Wildman–Crippen MR) is 77.8 cm³/mol. The molecule has 0 bridgehead atoms. The lowest BCUT2D eigenvalue weighted by Gasteiger charge is -2.08. The van der Waals surface area contributed by atoms with Crippen molar-refractivity contribution in [3.05, 3.63) is 66.2 Å². The third-order valence-electron chi connectivity index (χ3n) is 3.09. The molecule has 0 aliphatic carbocycles. The second-order valence-corrected chi connectivity index (χ2v) is 4.50. The number of rotatable bonds is 2. The average Bonchev–Trinajstić information content (AvgIpc) is 2.49. The number of carbonyl (C=O) groups excluding carboxylic acids is 1. The van der Waals surface area contributed by atoms with Gasteiger partial charge in [0.05, 0.1) is 5.69 Å². The Morgan fingerprint density at radius 1 is 1.14 bits per heavy atom. The summed E-state index contributed by atoms with van der Waals surface area (Å²) in [7, 11) is 0. The van der Waals surface area contributed by atoms with Crippen LogP contribution in [-0.2, 0) is 0 Å². The van der Waals surface area contributed by atoms with Crippen molar-refractivity contribution in [1.29, 1.82) is 0 Å². The van der Waals surface area contributed by atoms with Gasteiger partial charge in [0.15, 0.2) is 0 Å². The molecule has 0 unspecified atom stereocenters. The van der Waals surface area contributed by atoms with Crippen molar-refractivity contribution in [2.75, 3.05) is 5.32 Å². The molecule has 104 valence electrons. The summed E-state index contributed by atoms with van der Waals surface area (Å²) >= 11 is 0. The first-order valence-electron chi connectivity index (χ1n) is 6.29. The van der Waals surface area contributed by atoms with Gasteiger partial charge in [-0.15, -0.1) is 0 Å². The van der Waals surface area contributed by atoms with E-state index in [9.17, 15) is 9.18 Å². The van der Waals surface area contributed by atoms with Gasteiger partial charge >= 0.3 is 0 Å². The molecule has 0 aliphatic heterocycles. The Balaban J connectivity index is 1.97. The zero-order valence-corrected chi connectivity index (χ0v) is 10.9. The smallest absolute Gasteiger partial charge is 0.274 e. The molecule has 0 spiro atoms. The summed E-state index contributed by atoms with van der Waals surface area (Å²) in [4.78, 5) is 16.3. The second-order valence-electron chi connectivity index (χ2n) is 4.50. The first-order valence-corrected chi connectivity index (χ1v) is 6.29. The Morgan fingerprint density at radius 3 is 2.76 bits per heavy atom. The second kappa shape index (κ2) is 5.20. The lowest BCUT2D eigenvalue weighted by molar-refractivity contribution is 0.102. The molecule has 0 fully saturated rings. The monoisotopic (exact) mass is 282 g/mol. The van der Waals surface area contributed by atoms with Crippen LogP contribution in [0.2, 0.25) is 0 Å². The first kappa shape index (κ1) is 13.1. The normalized spacial score (nSPS) is 10.5. The van der Waals surface area contributed by atoms with Crippen LogP contribution in [0.1, 0.15) is 10.5 Å². The van der Waals surface area contributed by atoms with E-state index in [-0.39, 0.29) is 17.1 Å². The lowest BCUT2D eigenvalue weighted by atomic mass is 10.1. The Morgan fingerprint density at radius 2 is 1.95 bits per heavy atom. The zero-order chi connectivity index (χ0) is 14.8. The number of benzene rings is 2. The Labute approximate surface area is 119 Å². The molecule has 2 N–H and O–H groups in total. The molecular formula is C16H11FN2O2. The average molecular weight is 282 g/mol. The van der Waals surface area contributed by atoms with Crippen LogP contribution in [0.25, 0.3) is 10.8 Å². The van der Waals surface area contributed by atoms with Gasteiger partial charge < -0.3 is 10.4 Å². The van der Waals surface area contributed by atoms with Crippen LogP contribution < -0.4 is 5.32 Å². The van der Waals surface area contributed by atoms with Crippen molar-refractivity contribution in [2.45, 2.75) is 0 Å². The van der Waals surface area contributed by atoms with E-state index in [1.165, 1.54) is 18.3 Å². The van der Waals surface area contributed by atoms with Crippen LogP contribution in [0.3, 0.4) is 0 Å². The number of halogens is 1. The number of amides is 1. The van der Waals surface area contributed by atoms with E-state index in [2.05, 4.69) is 10.3 Å². The molecule has 0 saturated heterocycles. The number of hydrogen-bond acceptors (Lipinski definition) is 3. The summed E-state index contributed by atoms with van der Waals surface area (Å²) in [5.74, 6) is -1.41. The van der Waals surface area contributed by atoms with Gasteiger partial charge in [0.25, 0.3) is 5.91 Å². The van der Waals surface area contributed by atoms with Gasteiger partial charge in [-0.1, -0.05) is 24.3 Å². The maximum atomic E-state index is 13.6. The Hall–Kier alpha value is -2.95. The van der Waals surface area contributed by atoms with E-state index in [0.29, 0.717) is 5.39 Å². The van der Waals surface area contributed by atoms with E-state index in [1.807, 2.05) is 18.2 Å². The molecule has 0 atom stereocenters. The van der Waals surface area contributed by atoms with Crippen LogP contribution in [0, 0.1) is 5.82 Å². The van der Waals surface area contributed by atoms with Gasteiger partial charge in [0.1, 0.15) is 17.3 Å². The number of carbonyl (C=O) groups is 1. The molecule has 21 heavy (non-hydrogen) atoms. The van der Waals surface area contributed by atoms with Crippen molar-refractivity contribution < 1.29 is 14.3 Å². The van der Waals surface area contributed by atoms with Crippen LogP contribution in [0.5, 0.6) is 5.75 Å². The van der Waals surface area contributed by atoms with Crippen LogP contribution in [0.15, 0.2) is 54.7 Å². The van der Waals surface area contributed by atoms with E-state index in [0.717, 1.165) is 11.5 Å². The minimum absolute atomic E-state index is 0.00691. The highest BCUT2D eigenvalue weighted by molar-refractivity contribution is 6.11. The minimum Gasteiger partial charge on any atom is -0.508 e. The molecule has 1 amide bonds. The minimum atomic E-state index is -0.705. The van der Waals surface area contributed by atoms with E-state index < -0.39 is 11.7 Å². The van der Waals surface area contributed by atoms with Crippen LogP contribution >= 0.6 is 0 Å². The van der Waals surface area contributed by atoms with Crippen molar-refractivity contribution in [3.8, 4) is 5.75 Å². The number of phenols is 1. The Bertz CT molecular complexity index is 828. The number of nitrogens with zero attached hydrogens (tertiary/aromatic N) is 1. The number of pyridine rings is 1. The summed E-state index contributed by atoms with van der Waals surface area (Å²) in [6, 6.07) is 12.7. The number of aromatic hydroxyl groups is 1. The number of phenolic OH excluding ortho intramolecular Hbond substituents is 1. The third kappa shape index (κ3) is 2.53. The van der Waals surface area contributed by atoms with Gasteiger partial charge in [-0.3, -0.25) is 9.78 Å². The number of fused-ring (bicyclic) bond motifs is 1. The molecule has 0 aliphatic rings. The number of nitrogens with one attached hydrogen (secondary N) is 1. The topological polar surface area (TPSA) is 62.2 Å². The first-order chi connectivity index (χ1) is 10.1. The fraction of sp³-hybridized carbons (Fsp3) is 0. The van der Waals surface area contributed by atoms with Crippen molar-refractivity contribution in [2.24, 2.45) is 0 Å². The van der Waals surface area contributed by atoms with Crippen LogP contribution in [-0.4, -0.2) is 16.0 Å². The van der Waals surface area contributed by atoms with Crippen molar-refractivity contribution in [1.82, 2.24) is 4.98 Å². The summed E-state index contributed by atoms with van der Waals surface area (Å²) in [5.41, 5.74) is 0.216. The largest absolute Gasteiger partial charge is 0.508 e. The zero-order valence-electron chi connectivity index (χ0n) is 10.9. The quantitative estimate of drug-likeness (QED) is 0.709.